The standard InChI is InChI=1S/C27H31F6N5O2S/c1-16(2)36-24-22-5-3-4-6-23(22)37-25(38-24)34-14-17-7-9-18(10-8-17)15-35-41(39,40)21-12-19(26(28,29)30)11-20(13-21)27(31,32)33/h3-6,11-13,16-18,35H,7-10,14-15H2,1-2H3,(H2,34,36,37,38). The minimum Gasteiger partial charge on any atom is -0.367 e. The van der Waals surface area contributed by atoms with E-state index in [1.165, 1.54) is 0 Å². The summed E-state index contributed by atoms with van der Waals surface area (Å²) in [6.07, 6.45) is -7.48. The molecule has 224 valence electrons. The highest BCUT2D eigenvalue weighted by Gasteiger charge is 2.38. The van der Waals surface area contributed by atoms with Gasteiger partial charge in [-0.15, -0.1) is 0 Å². The third-order valence-electron chi connectivity index (χ3n) is 6.98. The number of halogens is 6. The van der Waals surface area contributed by atoms with E-state index in [0.717, 1.165) is 29.6 Å². The van der Waals surface area contributed by atoms with Crippen molar-refractivity contribution >= 4 is 32.7 Å². The zero-order valence-electron chi connectivity index (χ0n) is 22.4. The van der Waals surface area contributed by atoms with E-state index in [2.05, 4.69) is 25.3 Å². The lowest BCUT2D eigenvalue weighted by Gasteiger charge is -2.28. The summed E-state index contributed by atoms with van der Waals surface area (Å²) >= 11 is 0. The molecular weight excluding hydrogens is 572 g/mol. The largest absolute Gasteiger partial charge is 0.416 e. The molecule has 1 heterocycles. The van der Waals surface area contributed by atoms with Gasteiger partial charge in [-0.25, -0.2) is 18.1 Å². The molecular formula is C27H31F6N5O2S. The van der Waals surface area contributed by atoms with E-state index < -0.39 is 38.4 Å². The van der Waals surface area contributed by atoms with Crippen LogP contribution in [0.3, 0.4) is 0 Å². The fourth-order valence-corrected chi connectivity index (χ4v) is 5.99. The number of anilines is 2. The van der Waals surface area contributed by atoms with Crippen molar-refractivity contribution in [3.63, 3.8) is 0 Å². The zero-order chi connectivity index (χ0) is 30.0. The first-order valence-electron chi connectivity index (χ1n) is 13.2. The summed E-state index contributed by atoms with van der Waals surface area (Å²) < 4.78 is 106. The van der Waals surface area contributed by atoms with Gasteiger partial charge in [0.1, 0.15) is 5.82 Å². The number of hydrogen-bond donors (Lipinski definition) is 3. The first-order chi connectivity index (χ1) is 19.1. The number of hydrogen-bond acceptors (Lipinski definition) is 6. The molecule has 1 saturated carbocycles. The van der Waals surface area contributed by atoms with Gasteiger partial charge in [0.05, 0.1) is 21.5 Å². The lowest BCUT2D eigenvalue weighted by Crippen LogP contribution is -2.32. The summed E-state index contributed by atoms with van der Waals surface area (Å²) in [5.41, 5.74) is -2.56. The molecule has 14 heteroatoms. The molecule has 3 aromatic rings. The number of aromatic nitrogens is 2. The summed E-state index contributed by atoms with van der Waals surface area (Å²) in [6, 6.07) is 8.19. The van der Waals surface area contributed by atoms with Gasteiger partial charge in [-0.1, -0.05) is 12.1 Å². The molecule has 0 bridgehead atoms. The van der Waals surface area contributed by atoms with Crippen molar-refractivity contribution in [3.05, 3.63) is 53.6 Å². The van der Waals surface area contributed by atoms with Crippen molar-refractivity contribution in [1.29, 1.82) is 0 Å². The molecule has 0 saturated heterocycles. The van der Waals surface area contributed by atoms with E-state index >= 15 is 0 Å². The van der Waals surface area contributed by atoms with Crippen molar-refractivity contribution in [3.8, 4) is 0 Å². The third-order valence-corrected chi connectivity index (χ3v) is 8.38. The molecule has 0 spiro atoms. The molecule has 3 N–H and O–H groups in total. The highest BCUT2D eigenvalue weighted by molar-refractivity contribution is 7.89. The predicted molar refractivity (Wildman–Crippen MR) is 144 cm³/mol. The van der Waals surface area contributed by atoms with E-state index in [4.69, 9.17) is 0 Å². The normalized spacial score (nSPS) is 18.6. The Morgan fingerprint density at radius 2 is 1.41 bits per heavy atom. The summed E-state index contributed by atoms with van der Waals surface area (Å²) in [4.78, 5) is 8.14. The molecule has 1 fully saturated rings. The van der Waals surface area contributed by atoms with Crippen LogP contribution in [0.5, 0.6) is 0 Å². The van der Waals surface area contributed by atoms with Gasteiger partial charge in [0, 0.05) is 24.5 Å². The Bertz CT molecular complexity index is 1440. The second-order valence-electron chi connectivity index (χ2n) is 10.6. The molecule has 0 radical (unpaired) electrons. The second-order valence-corrected chi connectivity index (χ2v) is 12.3. The van der Waals surface area contributed by atoms with Gasteiger partial charge in [-0.2, -0.15) is 31.3 Å². The number of nitrogens with zero attached hydrogens (tertiary/aromatic N) is 2. The van der Waals surface area contributed by atoms with Crippen LogP contribution in [0.2, 0.25) is 0 Å². The Kier molecular flexibility index (Phi) is 9.02. The smallest absolute Gasteiger partial charge is 0.367 e. The van der Waals surface area contributed by atoms with Gasteiger partial charge in [0.25, 0.3) is 0 Å². The molecule has 0 aliphatic heterocycles. The van der Waals surface area contributed by atoms with Crippen LogP contribution in [-0.2, 0) is 22.4 Å². The van der Waals surface area contributed by atoms with Gasteiger partial charge >= 0.3 is 12.4 Å². The number of nitrogens with one attached hydrogen (secondary N) is 3. The van der Waals surface area contributed by atoms with Crippen molar-refractivity contribution in [1.82, 2.24) is 14.7 Å². The molecule has 0 amide bonds. The van der Waals surface area contributed by atoms with Crippen LogP contribution < -0.4 is 15.4 Å². The highest BCUT2D eigenvalue weighted by atomic mass is 32.2. The van der Waals surface area contributed by atoms with Crippen molar-refractivity contribution in [2.45, 2.75) is 62.8 Å². The monoisotopic (exact) mass is 603 g/mol. The van der Waals surface area contributed by atoms with E-state index in [1.54, 1.807) is 0 Å². The Hall–Kier alpha value is -3.13. The first-order valence-corrected chi connectivity index (χ1v) is 14.7. The van der Waals surface area contributed by atoms with Crippen LogP contribution in [0.1, 0.15) is 50.7 Å². The maximum atomic E-state index is 13.1. The minimum absolute atomic E-state index is 0.0852. The van der Waals surface area contributed by atoms with Crippen LogP contribution in [0.4, 0.5) is 38.1 Å². The second kappa shape index (κ2) is 12.0. The summed E-state index contributed by atoms with van der Waals surface area (Å²) in [7, 11) is -4.60. The van der Waals surface area contributed by atoms with Gasteiger partial charge in [-0.3, -0.25) is 0 Å². The van der Waals surface area contributed by atoms with Gasteiger partial charge < -0.3 is 10.6 Å². The molecule has 7 nitrogen and oxygen atoms in total. The van der Waals surface area contributed by atoms with Crippen LogP contribution >= 0.6 is 0 Å². The SMILES string of the molecule is CC(C)Nc1nc(NCC2CCC(CNS(=O)(=O)c3cc(C(F)(F)F)cc(C(F)(F)F)c3)CC2)nc2ccccc12. The lowest BCUT2D eigenvalue weighted by atomic mass is 9.82. The molecule has 0 unspecified atom stereocenters. The first kappa shape index (κ1) is 30.8. The maximum Gasteiger partial charge on any atom is 0.416 e. The van der Waals surface area contributed by atoms with E-state index in [0.29, 0.717) is 25.3 Å². The van der Waals surface area contributed by atoms with Crippen molar-refractivity contribution in [2.24, 2.45) is 11.8 Å². The quantitative estimate of drug-likeness (QED) is 0.236. The third kappa shape index (κ3) is 8.00. The number of rotatable bonds is 9. The average molecular weight is 604 g/mol. The fraction of sp³-hybridized carbons (Fsp3) is 0.481. The van der Waals surface area contributed by atoms with Gasteiger partial charge in [-0.05, 0) is 81.7 Å². The Balaban J connectivity index is 1.34. The van der Waals surface area contributed by atoms with Gasteiger partial charge in [0.2, 0.25) is 16.0 Å². The fourth-order valence-electron chi connectivity index (χ4n) is 4.81. The number of benzene rings is 2. The minimum atomic E-state index is -5.14. The van der Waals surface area contributed by atoms with Crippen molar-refractivity contribution < 1.29 is 34.8 Å². The topological polar surface area (TPSA) is 96.0 Å². The number of alkyl halides is 6. The molecule has 2 aromatic carbocycles. The molecule has 1 aliphatic carbocycles. The zero-order valence-corrected chi connectivity index (χ0v) is 23.2. The summed E-state index contributed by atoms with van der Waals surface area (Å²) in [6.45, 7) is 4.55. The van der Waals surface area contributed by atoms with Crippen molar-refractivity contribution in [2.75, 3.05) is 23.7 Å². The van der Waals surface area contributed by atoms with Crippen LogP contribution in [0, 0.1) is 11.8 Å². The number of fused-ring (bicyclic) bond motifs is 1. The average Bonchev–Trinajstić information content (AvgIpc) is 2.90. The summed E-state index contributed by atoms with van der Waals surface area (Å²) in [5.74, 6) is 1.37. The lowest BCUT2D eigenvalue weighted by molar-refractivity contribution is -0.143. The number of para-hydroxylation sites is 1. The predicted octanol–water partition coefficient (Wildman–Crippen LogP) is 6.68. The molecule has 4 rings (SSSR count). The highest BCUT2D eigenvalue weighted by Crippen LogP contribution is 2.37. The van der Waals surface area contributed by atoms with Gasteiger partial charge in [0.15, 0.2) is 0 Å². The molecule has 1 aliphatic rings. The van der Waals surface area contributed by atoms with E-state index in [1.807, 2.05) is 38.1 Å². The van der Waals surface area contributed by atoms with Crippen LogP contribution in [0.25, 0.3) is 10.9 Å². The molecule has 1 aromatic heterocycles. The maximum absolute atomic E-state index is 13.1. The Labute approximate surface area is 234 Å². The molecule has 0 atom stereocenters. The summed E-state index contributed by atoms with van der Waals surface area (Å²) in [5, 5.41) is 7.53. The van der Waals surface area contributed by atoms with E-state index in [-0.39, 0.29) is 42.6 Å². The number of sulfonamides is 1. The van der Waals surface area contributed by atoms with E-state index in [9.17, 15) is 34.8 Å². The molecule has 41 heavy (non-hydrogen) atoms. The van der Waals surface area contributed by atoms with Crippen LogP contribution in [0.15, 0.2) is 47.4 Å². The van der Waals surface area contributed by atoms with Crippen LogP contribution in [-0.4, -0.2) is 37.5 Å². The Morgan fingerprint density at radius 3 is 1.98 bits per heavy atom. The Morgan fingerprint density at radius 1 is 0.854 bits per heavy atom.